The summed E-state index contributed by atoms with van der Waals surface area (Å²) in [4.78, 5) is 26.4. The van der Waals surface area contributed by atoms with Crippen molar-refractivity contribution < 1.29 is 14.0 Å². The van der Waals surface area contributed by atoms with E-state index in [1.165, 1.54) is 18.2 Å². The molecule has 5 nitrogen and oxygen atoms in total. The molecular weight excluding hydrogens is 437 g/mol. The van der Waals surface area contributed by atoms with Gasteiger partial charge in [-0.25, -0.2) is 4.39 Å². The van der Waals surface area contributed by atoms with E-state index in [-0.39, 0.29) is 23.7 Å². The van der Waals surface area contributed by atoms with Gasteiger partial charge in [0.15, 0.2) is 0 Å². The van der Waals surface area contributed by atoms with Crippen LogP contribution in [-0.2, 0) is 9.59 Å². The van der Waals surface area contributed by atoms with Crippen LogP contribution in [0.15, 0.2) is 59.1 Å². The van der Waals surface area contributed by atoms with E-state index in [1.54, 1.807) is 12.1 Å². The average molecular weight is 460 g/mol. The number of nitrogens with one attached hydrogen (secondary N) is 2. The van der Waals surface area contributed by atoms with Crippen LogP contribution in [-0.4, -0.2) is 42.4 Å². The number of para-hydroxylation sites is 1. The minimum atomic E-state index is -0.376. The van der Waals surface area contributed by atoms with Gasteiger partial charge in [0.2, 0.25) is 11.8 Å². The van der Waals surface area contributed by atoms with Gasteiger partial charge in [0.25, 0.3) is 0 Å². The minimum absolute atomic E-state index is 0.0438. The van der Waals surface area contributed by atoms with E-state index in [2.05, 4.69) is 31.5 Å². The van der Waals surface area contributed by atoms with E-state index in [0.29, 0.717) is 12.1 Å². The van der Waals surface area contributed by atoms with Crippen LogP contribution in [0.5, 0.6) is 0 Å². The molecule has 2 N–H and O–H groups in total. The van der Waals surface area contributed by atoms with Crippen molar-refractivity contribution in [1.82, 2.24) is 10.2 Å². The number of carbonyl (C=O) groups is 2. The first-order valence-electron chi connectivity index (χ1n) is 9.50. The SMILES string of the molecule is O=C(C=Cc1cc(Br)ccc1F)NC1CCN(CC(=O)Nc2ccccc2)CC1. The topological polar surface area (TPSA) is 61.4 Å². The van der Waals surface area contributed by atoms with Crippen LogP contribution >= 0.6 is 15.9 Å². The Balaban J connectivity index is 1.41. The number of benzene rings is 2. The van der Waals surface area contributed by atoms with Crippen molar-refractivity contribution in [2.24, 2.45) is 0 Å². The number of likely N-dealkylation sites (tertiary alicyclic amines) is 1. The standard InChI is InChI=1S/C22H23BrFN3O2/c23-17-7-8-20(24)16(14-17)6-9-21(28)25-19-10-12-27(13-11-19)15-22(29)26-18-4-2-1-3-5-18/h1-9,14,19H,10-13,15H2,(H,25,28)(H,26,29). The lowest BCUT2D eigenvalue weighted by atomic mass is 10.0. The molecule has 0 bridgehead atoms. The fourth-order valence-electron chi connectivity index (χ4n) is 3.22. The third-order valence-corrected chi connectivity index (χ3v) is 5.22. The lowest BCUT2D eigenvalue weighted by Crippen LogP contribution is -2.46. The molecule has 1 saturated heterocycles. The summed E-state index contributed by atoms with van der Waals surface area (Å²) in [6.07, 6.45) is 4.36. The molecular formula is C22H23BrFN3O2. The number of carbonyl (C=O) groups excluding carboxylic acids is 2. The number of rotatable bonds is 6. The molecule has 2 aromatic carbocycles. The highest BCUT2D eigenvalue weighted by atomic mass is 79.9. The van der Waals surface area contributed by atoms with Gasteiger partial charge in [-0.2, -0.15) is 0 Å². The third kappa shape index (κ3) is 6.80. The second-order valence-corrected chi connectivity index (χ2v) is 7.89. The molecule has 0 saturated carbocycles. The van der Waals surface area contributed by atoms with E-state index < -0.39 is 0 Å². The Morgan fingerprint density at radius 2 is 1.86 bits per heavy atom. The van der Waals surface area contributed by atoms with Gasteiger partial charge >= 0.3 is 0 Å². The molecule has 7 heteroatoms. The van der Waals surface area contributed by atoms with Crippen molar-refractivity contribution in [2.75, 3.05) is 25.0 Å². The normalized spacial score (nSPS) is 15.4. The maximum Gasteiger partial charge on any atom is 0.244 e. The Morgan fingerprint density at radius 3 is 2.59 bits per heavy atom. The largest absolute Gasteiger partial charge is 0.350 e. The van der Waals surface area contributed by atoms with Gasteiger partial charge in [-0.15, -0.1) is 0 Å². The summed E-state index contributed by atoms with van der Waals surface area (Å²) < 4.78 is 14.5. The molecule has 0 atom stereocenters. The summed E-state index contributed by atoms with van der Waals surface area (Å²) in [6.45, 7) is 1.80. The van der Waals surface area contributed by atoms with Crippen LogP contribution in [0.1, 0.15) is 18.4 Å². The molecule has 29 heavy (non-hydrogen) atoms. The summed E-state index contributed by atoms with van der Waals surface area (Å²) >= 11 is 3.29. The molecule has 0 spiro atoms. The van der Waals surface area contributed by atoms with Gasteiger partial charge in [0.1, 0.15) is 5.82 Å². The second kappa shape index (κ2) is 10.3. The predicted molar refractivity (Wildman–Crippen MR) is 116 cm³/mol. The Bertz CT molecular complexity index is 881. The summed E-state index contributed by atoms with van der Waals surface area (Å²) in [5, 5.41) is 5.83. The fourth-order valence-corrected chi connectivity index (χ4v) is 3.60. The number of amides is 2. The van der Waals surface area contributed by atoms with Gasteiger partial charge in [-0.3, -0.25) is 14.5 Å². The van der Waals surface area contributed by atoms with Gasteiger partial charge in [0, 0.05) is 40.9 Å². The van der Waals surface area contributed by atoms with E-state index >= 15 is 0 Å². The van der Waals surface area contributed by atoms with E-state index in [0.717, 1.165) is 36.1 Å². The summed E-state index contributed by atoms with van der Waals surface area (Å²) in [7, 11) is 0. The van der Waals surface area contributed by atoms with Gasteiger partial charge in [0.05, 0.1) is 6.54 Å². The first-order chi connectivity index (χ1) is 14.0. The fraction of sp³-hybridized carbons (Fsp3) is 0.273. The summed E-state index contributed by atoms with van der Waals surface area (Å²) in [5.74, 6) is -0.665. The molecule has 2 aromatic rings. The third-order valence-electron chi connectivity index (χ3n) is 4.73. The van der Waals surface area contributed by atoms with Crippen molar-refractivity contribution in [1.29, 1.82) is 0 Å². The van der Waals surface area contributed by atoms with Gasteiger partial charge < -0.3 is 10.6 Å². The molecule has 0 aromatic heterocycles. The van der Waals surface area contributed by atoms with Crippen LogP contribution < -0.4 is 10.6 Å². The summed E-state index contributed by atoms with van der Waals surface area (Å²) in [6, 6.07) is 14.0. The Labute approximate surface area is 178 Å². The zero-order valence-electron chi connectivity index (χ0n) is 15.9. The molecule has 1 heterocycles. The van der Waals surface area contributed by atoms with Gasteiger partial charge in [-0.05, 0) is 49.2 Å². The molecule has 3 rings (SSSR count). The zero-order valence-corrected chi connectivity index (χ0v) is 17.5. The highest BCUT2D eigenvalue weighted by Gasteiger charge is 2.21. The number of hydrogen-bond acceptors (Lipinski definition) is 3. The predicted octanol–water partition coefficient (Wildman–Crippen LogP) is 3.82. The molecule has 1 aliphatic heterocycles. The van der Waals surface area contributed by atoms with Crippen molar-refractivity contribution in [2.45, 2.75) is 18.9 Å². The number of nitrogens with zero attached hydrogens (tertiary/aromatic N) is 1. The maximum atomic E-state index is 13.7. The molecule has 152 valence electrons. The first-order valence-corrected chi connectivity index (χ1v) is 10.3. The van der Waals surface area contributed by atoms with Crippen LogP contribution in [0, 0.1) is 5.82 Å². The highest BCUT2D eigenvalue weighted by molar-refractivity contribution is 9.10. The van der Waals surface area contributed by atoms with Crippen molar-refractivity contribution in [3.63, 3.8) is 0 Å². The number of anilines is 1. The molecule has 2 amide bonds. The van der Waals surface area contributed by atoms with Crippen LogP contribution in [0.3, 0.4) is 0 Å². The Hall–Kier alpha value is -2.51. The smallest absolute Gasteiger partial charge is 0.244 e. The monoisotopic (exact) mass is 459 g/mol. The molecule has 1 fully saturated rings. The molecule has 0 unspecified atom stereocenters. The van der Waals surface area contributed by atoms with Gasteiger partial charge in [-0.1, -0.05) is 34.1 Å². The molecule has 0 aliphatic carbocycles. The van der Waals surface area contributed by atoms with Crippen molar-refractivity contribution >= 4 is 39.5 Å². The Morgan fingerprint density at radius 1 is 1.14 bits per heavy atom. The number of hydrogen-bond donors (Lipinski definition) is 2. The molecule has 0 radical (unpaired) electrons. The van der Waals surface area contributed by atoms with Crippen LogP contribution in [0.25, 0.3) is 6.08 Å². The first kappa shape index (κ1) is 21.2. The van der Waals surface area contributed by atoms with Crippen molar-refractivity contribution in [3.05, 3.63) is 70.5 Å². The van der Waals surface area contributed by atoms with E-state index in [1.807, 2.05) is 30.3 Å². The minimum Gasteiger partial charge on any atom is -0.350 e. The second-order valence-electron chi connectivity index (χ2n) is 6.97. The van der Waals surface area contributed by atoms with Crippen LogP contribution in [0.4, 0.5) is 10.1 Å². The number of piperidine rings is 1. The van der Waals surface area contributed by atoms with Crippen molar-refractivity contribution in [3.8, 4) is 0 Å². The van der Waals surface area contributed by atoms with E-state index in [4.69, 9.17) is 0 Å². The maximum absolute atomic E-state index is 13.7. The molecule has 1 aliphatic rings. The zero-order chi connectivity index (χ0) is 20.6. The lowest BCUT2D eigenvalue weighted by Gasteiger charge is -2.31. The lowest BCUT2D eigenvalue weighted by molar-refractivity contribution is -0.119. The summed E-state index contributed by atoms with van der Waals surface area (Å²) in [5.41, 5.74) is 1.14. The van der Waals surface area contributed by atoms with Crippen LogP contribution in [0.2, 0.25) is 0 Å². The number of halogens is 2. The average Bonchev–Trinajstić information content (AvgIpc) is 2.71. The highest BCUT2D eigenvalue weighted by Crippen LogP contribution is 2.17. The van der Waals surface area contributed by atoms with E-state index in [9.17, 15) is 14.0 Å². The quantitative estimate of drug-likeness (QED) is 0.645. The Kier molecular flexibility index (Phi) is 7.55.